The van der Waals surface area contributed by atoms with Crippen LogP contribution < -0.4 is 0 Å². The van der Waals surface area contributed by atoms with Gasteiger partial charge in [-0.15, -0.1) is 0 Å². The zero-order chi connectivity index (χ0) is 14.3. The largest absolute Gasteiger partial charge is 0.369 e. The van der Waals surface area contributed by atoms with Gasteiger partial charge in [-0.05, 0) is 32.3 Å². The van der Waals surface area contributed by atoms with Crippen LogP contribution in [0.4, 0.5) is 0 Å². The van der Waals surface area contributed by atoms with Crippen LogP contribution in [0.25, 0.3) is 0 Å². The van der Waals surface area contributed by atoms with E-state index in [-0.39, 0.29) is 18.1 Å². The van der Waals surface area contributed by atoms with Gasteiger partial charge in [0.15, 0.2) is 0 Å². The lowest BCUT2D eigenvalue weighted by Crippen LogP contribution is -2.31. The van der Waals surface area contributed by atoms with Crippen molar-refractivity contribution in [3.63, 3.8) is 0 Å². The van der Waals surface area contributed by atoms with Crippen molar-refractivity contribution >= 4 is 5.91 Å². The van der Waals surface area contributed by atoms with Gasteiger partial charge in [-0.3, -0.25) is 4.79 Å². The fraction of sp³-hybridized carbons (Fsp3) is 0.438. The maximum Gasteiger partial charge on any atom is 0.298 e. The van der Waals surface area contributed by atoms with Crippen molar-refractivity contribution in [2.45, 2.75) is 33.0 Å². The van der Waals surface area contributed by atoms with Gasteiger partial charge >= 0.3 is 0 Å². The molecule has 3 heteroatoms. The highest BCUT2D eigenvalue weighted by molar-refractivity contribution is 5.93. The van der Waals surface area contributed by atoms with Gasteiger partial charge in [-0.2, -0.15) is 0 Å². The fourth-order valence-corrected chi connectivity index (χ4v) is 1.76. The highest BCUT2D eigenvalue weighted by atomic mass is 16.5. The van der Waals surface area contributed by atoms with Gasteiger partial charge in [-0.1, -0.05) is 36.3 Å². The quantitative estimate of drug-likeness (QED) is 0.761. The number of rotatable bonds is 5. The smallest absolute Gasteiger partial charge is 0.298 e. The zero-order valence-electron chi connectivity index (χ0n) is 12.0. The predicted octanol–water partition coefficient (Wildman–Crippen LogP) is 2.63. The Morgan fingerprint density at radius 3 is 2.47 bits per heavy atom. The van der Waals surface area contributed by atoms with Gasteiger partial charge in [0.05, 0.1) is 12.6 Å². The van der Waals surface area contributed by atoms with Crippen LogP contribution >= 0.6 is 0 Å². The lowest BCUT2D eigenvalue weighted by atomic mass is 10.1. The molecule has 19 heavy (non-hydrogen) atoms. The average molecular weight is 259 g/mol. The van der Waals surface area contributed by atoms with E-state index in [2.05, 4.69) is 11.8 Å². The molecule has 0 aliphatic rings. The predicted molar refractivity (Wildman–Crippen MR) is 76.5 cm³/mol. The average Bonchev–Trinajstić information content (AvgIpc) is 2.38. The van der Waals surface area contributed by atoms with Gasteiger partial charge in [0.1, 0.15) is 6.10 Å². The molecule has 0 N–H and O–H groups in total. The molecule has 0 aliphatic heterocycles. The molecule has 1 amide bonds. The first-order valence-electron chi connectivity index (χ1n) is 6.42. The van der Waals surface area contributed by atoms with Gasteiger partial charge in [-0.25, -0.2) is 0 Å². The topological polar surface area (TPSA) is 29.5 Å². The Hall–Kier alpha value is -1.79. The molecular weight excluding hydrogens is 238 g/mol. The van der Waals surface area contributed by atoms with Crippen molar-refractivity contribution in [1.82, 2.24) is 4.90 Å². The molecule has 0 heterocycles. The normalized spacial score (nSPS) is 11.6. The summed E-state index contributed by atoms with van der Waals surface area (Å²) in [4.78, 5) is 13.3. The second-order valence-corrected chi connectivity index (χ2v) is 4.64. The first-order chi connectivity index (χ1) is 9.04. The minimum Gasteiger partial charge on any atom is -0.369 e. The molecule has 0 aromatic heterocycles. The Morgan fingerprint density at radius 1 is 1.32 bits per heavy atom. The van der Waals surface area contributed by atoms with E-state index in [0.717, 1.165) is 5.56 Å². The lowest BCUT2D eigenvalue weighted by molar-refractivity contribution is -0.126. The Labute approximate surface area is 115 Å². The van der Waals surface area contributed by atoms with E-state index in [1.807, 2.05) is 44.2 Å². The van der Waals surface area contributed by atoms with Crippen LogP contribution in [0.1, 0.15) is 32.4 Å². The molecule has 0 fully saturated rings. The first-order valence-corrected chi connectivity index (χ1v) is 6.42. The van der Waals surface area contributed by atoms with Gasteiger partial charge in [0, 0.05) is 7.05 Å². The van der Waals surface area contributed by atoms with Gasteiger partial charge in [0.25, 0.3) is 5.91 Å². The third kappa shape index (κ3) is 5.15. The van der Waals surface area contributed by atoms with E-state index in [9.17, 15) is 4.79 Å². The van der Waals surface area contributed by atoms with Crippen molar-refractivity contribution in [2.24, 2.45) is 0 Å². The lowest BCUT2D eigenvalue weighted by Gasteiger charge is -2.25. The summed E-state index contributed by atoms with van der Waals surface area (Å²) < 4.78 is 5.89. The molecule has 0 spiro atoms. The van der Waals surface area contributed by atoms with E-state index >= 15 is 0 Å². The van der Waals surface area contributed by atoms with E-state index in [1.165, 1.54) is 0 Å². The zero-order valence-corrected chi connectivity index (χ0v) is 12.0. The molecule has 102 valence electrons. The Bertz CT molecular complexity index is 457. The highest BCUT2D eigenvalue weighted by Crippen LogP contribution is 2.20. The minimum atomic E-state index is -0.184. The number of hydrogen-bond donors (Lipinski definition) is 0. The van der Waals surface area contributed by atoms with Crippen LogP contribution in [0.2, 0.25) is 0 Å². The molecule has 1 rings (SSSR count). The molecule has 0 aliphatic carbocycles. The second kappa shape index (κ2) is 7.60. The summed E-state index contributed by atoms with van der Waals surface area (Å²) in [5.74, 6) is 4.97. The van der Waals surface area contributed by atoms with Crippen LogP contribution in [0.15, 0.2) is 30.3 Å². The van der Waals surface area contributed by atoms with Gasteiger partial charge in [0.2, 0.25) is 0 Å². The van der Waals surface area contributed by atoms with E-state index < -0.39 is 0 Å². The summed E-state index contributed by atoms with van der Waals surface area (Å²) in [7, 11) is 1.74. The maximum absolute atomic E-state index is 11.7. The van der Waals surface area contributed by atoms with Crippen LogP contribution in [0, 0.1) is 11.8 Å². The summed E-state index contributed by atoms with van der Waals surface area (Å²) in [5, 5.41) is 0. The summed E-state index contributed by atoms with van der Waals surface area (Å²) >= 11 is 0. The van der Waals surface area contributed by atoms with Crippen molar-refractivity contribution in [1.29, 1.82) is 0 Å². The molecule has 1 aromatic rings. The summed E-state index contributed by atoms with van der Waals surface area (Å²) in [6.45, 7) is 6.13. The Balaban J connectivity index is 2.80. The van der Waals surface area contributed by atoms with Gasteiger partial charge < -0.3 is 9.64 Å². The highest BCUT2D eigenvalue weighted by Gasteiger charge is 2.18. The Kier molecular flexibility index (Phi) is 6.11. The fourth-order valence-electron chi connectivity index (χ4n) is 1.76. The molecule has 0 radical (unpaired) electrons. The molecular formula is C16H21NO2. The molecule has 1 atom stereocenters. The molecule has 0 saturated carbocycles. The number of hydrogen-bond acceptors (Lipinski definition) is 2. The number of ether oxygens (including phenoxy) is 1. The van der Waals surface area contributed by atoms with Crippen molar-refractivity contribution in [2.75, 3.05) is 13.6 Å². The van der Waals surface area contributed by atoms with Crippen molar-refractivity contribution in [3.05, 3.63) is 35.9 Å². The number of carbonyl (C=O) groups excluding carboxylic acids is 1. The minimum absolute atomic E-state index is 0.103. The van der Waals surface area contributed by atoms with Crippen LogP contribution in [-0.2, 0) is 9.53 Å². The summed E-state index contributed by atoms with van der Waals surface area (Å²) in [6, 6.07) is 9.93. The number of amides is 1. The number of carbonyl (C=O) groups is 1. The van der Waals surface area contributed by atoms with E-state index in [1.54, 1.807) is 18.9 Å². The molecule has 3 nitrogen and oxygen atoms in total. The van der Waals surface area contributed by atoms with Crippen LogP contribution in [-0.4, -0.2) is 30.5 Å². The summed E-state index contributed by atoms with van der Waals surface area (Å²) in [5.41, 5.74) is 1.07. The Morgan fingerprint density at radius 2 is 1.95 bits per heavy atom. The van der Waals surface area contributed by atoms with E-state index in [4.69, 9.17) is 4.74 Å². The van der Waals surface area contributed by atoms with Crippen LogP contribution in [0.3, 0.4) is 0 Å². The maximum atomic E-state index is 11.7. The third-order valence-corrected chi connectivity index (χ3v) is 2.63. The van der Waals surface area contributed by atoms with Crippen LogP contribution in [0.5, 0.6) is 0 Å². The monoisotopic (exact) mass is 259 g/mol. The molecule has 0 saturated heterocycles. The standard InChI is InChI=1S/C16H21NO2/c1-5-9-16(18)17(4)12-15(19-13(2)3)14-10-7-6-8-11-14/h6-8,10-11,13,15H,12H2,1-4H3. The van der Waals surface area contributed by atoms with E-state index in [0.29, 0.717) is 6.54 Å². The summed E-state index contributed by atoms with van der Waals surface area (Å²) in [6.07, 6.45) is -0.0280. The molecule has 0 bridgehead atoms. The molecule has 1 unspecified atom stereocenters. The number of benzene rings is 1. The third-order valence-electron chi connectivity index (χ3n) is 2.63. The van der Waals surface area contributed by atoms with Crippen molar-refractivity contribution < 1.29 is 9.53 Å². The molecule has 1 aromatic carbocycles. The number of nitrogens with zero attached hydrogens (tertiary/aromatic N) is 1. The first kappa shape index (κ1) is 15.3. The second-order valence-electron chi connectivity index (χ2n) is 4.64. The SMILES string of the molecule is CC#CC(=O)N(C)CC(OC(C)C)c1ccccc1. The number of likely N-dealkylation sites (N-methyl/N-ethyl adjacent to an activating group) is 1. The van der Waals surface area contributed by atoms with Crippen molar-refractivity contribution in [3.8, 4) is 11.8 Å².